The molecular formula is C19H17N3O3. The summed E-state index contributed by atoms with van der Waals surface area (Å²) < 4.78 is 2.15. The largest absolute Gasteiger partial charge is 0.365 e. The van der Waals surface area contributed by atoms with E-state index >= 15 is 0 Å². The van der Waals surface area contributed by atoms with E-state index in [0.717, 1.165) is 15.7 Å². The molecule has 0 saturated heterocycles. The third-order valence-corrected chi connectivity index (χ3v) is 4.15. The molecule has 1 amide bonds. The summed E-state index contributed by atoms with van der Waals surface area (Å²) in [6.07, 6.45) is 0. The second-order valence-corrected chi connectivity index (χ2v) is 5.74. The average molecular weight is 335 g/mol. The van der Waals surface area contributed by atoms with Crippen molar-refractivity contribution in [2.45, 2.75) is 0 Å². The third kappa shape index (κ3) is 2.78. The van der Waals surface area contributed by atoms with Crippen LogP contribution in [0.25, 0.3) is 22.4 Å². The lowest BCUT2D eigenvalue weighted by molar-refractivity contribution is 0.0998. The number of carbonyl (C=O) groups excluding carboxylic acids is 1. The van der Waals surface area contributed by atoms with Gasteiger partial charge in [-0.05, 0) is 22.8 Å². The highest BCUT2D eigenvalue weighted by Gasteiger charge is 2.21. The Morgan fingerprint density at radius 1 is 0.840 bits per heavy atom. The van der Waals surface area contributed by atoms with E-state index in [-0.39, 0.29) is 11.3 Å². The van der Waals surface area contributed by atoms with E-state index in [4.69, 9.17) is 5.73 Å². The topological polar surface area (TPSA) is 87.1 Å². The quantitative estimate of drug-likeness (QED) is 0.787. The third-order valence-electron chi connectivity index (χ3n) is 4.15. The van der Waals surface area contributed by atoms with Crippen molar-refractivity contribution < 1.29 is 4.79 Å². The molecule has 126 valence electrons. The number of nitrogens with two attached hydrogens (primary N) is 1. The van der Waals surface area contributed by atoms with E-state index in [2.05, 4.69) is 0 Å². The molecule has 3 aromatic rings. The van der Waals surface area contributed by atoms with Crippen LogP contribution in [0.5, 0.6) is 0 Å². The van der Waals surface area contributed by atoms with E-state index < -0.39 is 17.2 Å². The summed E-state index contributed by atoms with van der Waals surface area (Å²) in [6, 6.07) is 17.0. The molecule has 3 rings (SSSR count). The first-order valence-corrected chi connectivity index (χ1v) is 7.67. The number of aromatic nitrogens is 2. The highest BCUT2D eigenvalue weighted by molar-refractivity contribution is 5.98. The maximum atomic E-state index is 12.4. The van der Waals surface area contributed by atoms with Crippen molar-refractivity contribution >= 4 is 5.91 Å². The van der Waals surface area contributed by atoms with Gasteiger partial charge in [-0.15, -0.1) is 0 Å². The number of nitrogens with zero attached hydrogens (tertiary/aromatic N) is 2. The fourth-order valence-electron chi connectivity index (χ4n) is 2.88. The molecule has 6 heteroatoms. The Balaban J connectivity index is 2.33. The predicted octanol–water partition coefficient (Wildman–Crippen LogP) is 1.52. The van der Waals surface area contributed by atoms with Crippen LogP contribution in [0, 0.1) is 0 Å². The van der Waals surface area contributed by atoms with Gasteiger partial charge in [-0.3, -0.25) is 18.7 Å². The van der Waals surface area contributed by atoms with Crippen LogP contribution < -0.4 is 17.0 Å². The van der Waals surface area contributed by atoms with Crippen LogP contribution in [0.1, 0.15) is 10.4 Å². The molecule has 25 heavy (non-hydrogen) atoms. The highest BCUT2D eigenvalue weighted by atomic mass is 16.2. The van der Waals surface area contributed by atoms with Crippen LogP contribution in [0.15, 0.2) is 64.2 Å². The van der Waals surface area contributed by atoms with Crippen molar-refractivity contribution in [1.82, 2.24) is 9.13 Å². The minimum atomic E-state index is -0.865. The standard InChI is InChI=1S/C19H17N3O3/c1-21-16(15(17(20)23)18(24)22(2)19(21)25)14-10-6-9-13(11-14)12-7-4-3-5-8-12/h3-11H,1-2H3,(H2,20,23). The molecule has 0 spiro atoms. The molecule has 0 aliphatic carbocycles. The molecule has 0 radical (unpaired) electrons. The predicted molar refractivity (Wildman–Crippen MR) is 96.3 cm³/mol. The Labute approximate surface area is 143 Å². The van der Waals surface area contributed by atoms with Gasteiger partial charge in [-0.2, -0.15) is 0 Å². The van der Waals surface area contributed by atoms with Crippen molar-refractivity contribution in [1.29, 1.82) is 0 Å². The van der Waals surface area contributed by atoms with E-state index in [9.17, 15) is 14.4 Å². The Morgan fingerprint density at radius 3 is 2.08 bits per heavy atom. The van der Waals surface area contributed by atoms with E-state index in [1.807, 2.05) is 48.5 Å². The highest BCUT2D eigenvalue weighted by Crippen LogP contribution is 2.26. The summed E-state index contributed by atoms with van der Waals surface area (Å²) in [5.74, 6) is -0.865. The Kier molecular flexibility index (Phi) is 4.10. The van der Waals surface area contributed by atoms with Gasteiger partial charge in [0.2, 0.25) is 0 Å². The van der Waals surface area contributed by atoms with Crippen LogP contribution in [0.2, 0.25) is 0 Å². The van der Waals surface area contributed by atoms with Gasteiger partial charge in [0.15, 0.2) is 0 Å². The zero-order valence-corrected chi connectivity index (χ0v) is 13.9. The summed E-state index contributed by atoms with van der Waals surface area (Å²) in [5, 5.41) is 0. The molecule has 0 fully saturated rings. The molecule has 0 bridgehead atoms. The zero-order chi connectivity index (χ0) is 18.1. The first kappa shape index (κ1) is 16.4. The van der Waals surface area contributed by atoms with Gasteiger partial charge in [-0.1, -0.05) is 48.5 Å². The minimum Gasteiger partial charge on any atom is -0.365 e. The fourth-order valence-corrected chi connectivity index (χ4v) is 2.88. The number of benzene rings is 2. The van der Waals surface area contributed by atoms with Gasteiger partial charge in [0.1, 0.15) is 5.56 Å². The summed E-state index contributed by atoms with van der Waals surface area (Å²) in [6.45, 7) is 0. The molecule has 2 N–H and O–H groups in total. The van der Waals surface area contributed by atoms with Crippen molar-refractivity contribution in [2.75, 3.05) is 0 Å². The number of carbonyl (C=O) groups is 1. The van der Waals surface area contributed by atoms with E-state index in [1.54, 1.807) is 6.07 Å². The summed E-state index contributed by atoms with van der Waals surface area (Å²) in [5.41, 5.74) is 6.69. The number of hydrogen-bond donors (Lipinski definition) is 1. The normalized spacial score (nSPS) is 10.6. The molecule has 0 aliphatic rings. The van der Waals surface area contributed by atoms with Crippen LogP contribution in [-0.2, 0) is 14.1 Å². The smallest absolute Gasteiger partial charge is 0.330 e. The number of primary amides is 1. The van der Waals surface area contributed by atoms with Gasteiger partial charge >= 0.3 is 5.69 Å². The molecule has 0 aliphatic heterocycles. The number of hydrogen-bond acceptors (Lipinski definition) is 3. The van der Waals surface area contributed by atoms with E-state index in [1.165, 1.54) is 18.7 Å². The summed E-state index contributed by atoms with van der Waals surface area (Å²) in [4.78, 5) is 36.5. The molecular weight excluding hydrogens is 318 g/mol. The molecule has 1 heterocycles. The van der Waals surface area contributed by atoms with Crippen LogP contribution in [0.4, 0.5) is 0 Å². The Hall–Kier alpha value is -3.41. The lowest BCUT2D eigenvalue weighted by atomic mass is 9.99. The SMILES string of the molecule is Cn1c(-c2cccc(-c3ccccc3)c2)c(C(N)=O)c(=O)n(C)c1=O. The van der Waals surface area contributed by atoms with Crippen molar-refractivity contribution in [2.24, 2.45) is 19.8 Å². The molecule has 0 atom stereocenters. The van der Waals surface area contributed by atoms with Crippen molar-refractivity contribution in [3.8, 4) is 22.4 Å². The van der Waals surface area contributed by atoms with Crippen molar-refractivity contribution in [3.63, 3.8) is 0 Å². The Morgan fingerprint density at radius 2 is 1.44 bits per heavy atom. The second-order valence-electron chi connectivity index (χ2n) is 5.74. The zero-order valence-electron chi connectivity index (χ0n) is 13.9. The molecule has 1 aromatic heterocycles. The maximum Gasteiger partial charge on any atom is 0.330 e. The lowest BCUT2D eigenvalue weighted by Gasteiger charge is -2.14. The van der Waals surface area contributed by atoms with Crippen molar-refractivity contribution in [3.05, 3.63) is 81.0 Å². The monoisotopic (exact) mass is 335 g/mol. The number of rotatable bonds is 3. The summed E-state index contributed by atoms with van der Waals surface area (Å²) >= 11 is 0. The van der Waals surface area contributed by atoms with Crippen LogP contribution in [0.3, 0.4) is 0 Å². The van der Waals surface area contributed by atoms with Gasteiger partial charge in [0, 0.05) is 14.1 Å². The number of amides is 1. The van der Waals surface area contributed by atoms with E-state index in [0.29, 0.717) is 5.56 Å². The van der Waals surface area contributed by atoms with Gasteiger partial charge in [0.05, 0.1) is 5.69 Å². The summed E-state index contributed by atoms with van der Waals surface area (Å²) in [7, 11) is 2.83. The molecule has 6 nitrogen and oxygen atoms in total. The first-order valence-electron chi connectivity index (χ1n) is 7.67. The Bertz CT molecular complexity index is 1080. The lowest BCUT2D eigenvalue weighted by Crippen LogP contribution is -2.42. The molecule has 0 unspecified atom stereocenters. The van der Waals surface area contributed by atoms with Crippen LogP contribution >= 0.6 is 0 Å². The molecule has 2 aromatic carbocycles. The minimum absolute atomic E-state index is 0.199. The first-order chi connectivity index (χ1) is 11.9. The van der Waals surface area contributed by atoms with Gasteiger partial charge in [-0.25, -0.2) is 4.79 Å². The molecule has 0 saturated carbocycles. The fraction of sp³-hybridized carbons (Fsp3) is 0.105. The van der Waals surface area contributed by atoms with Gasteiger partial charge in [0.25, 0.3) is 11.5 Å². The maximum absolute atomic E-state index is 12.4. The van der Waals surface area contributed by atoms with Crippen LogP contribution in [-0.4, -0.2) is 15.0 Å². The average Bonchev–Trinajstić information content (AvgIpc) is 2.63. The second kappa shape index (κ2) is 6.24. The van der Waals surface area contributed by atoms with Gasteiger partial charge < -0.3 is 5.73 Å².